The van der Waals surface area contributed by atoms with E-state index in [1.54, 1.807) is 30.3 Å². The molecular formula is C18H13N5O3. The van der Waals surface area contributed by atoms with Crippen LogP contribution in [0.5, 0.6) is 0 Å². The van der Waals surface area contributed by atoms with Crippen molar-refractivity contribution in [3.63, 3.8) is 0 Å². The number of aromatic nitrogens is 4. The second kappa shape index (κ2) is 6.25. The fourth-order valence-corrected chi connectivity index (χ4v) is 2.68. The molecule has 0 fully saturated rings. The zero-order valence-electron chi connectivity index (χ0n) is 13.5. The minimum atomic E-state index is -0.687. The molecule has 0 saturated carbocycles. The lowest BCUT2D eigenvalue weighted by molar-refractivity contribution is 0.0457. The third-order valence-electron chi connectivity index (χ3n) is 3.90. The number of nitrogen functional groups attached to an aromatic ring is 1. The largest absolute Gasteiger partial charge is 0.453 e. The summed E-state index contributed by atoms with van der Waals surface area (Å²) in [7, 11) is 0. The average molecular weight is 347 g/mol. The summed E-state index contributed by atoms with van der Waals surface area (Å²) >= 11 is 0. The Morgan fingerprint density at radius 2 is 1.69 bits per heavy atom. The van der Waals surface area contributed by atoms with Crippen LogP contribution < -0.4 is 11.3 Å². The van der Waals surface area contributed by atoms with Gasteiger partial charge in [-0.25, -0.2) is 19.9 Å². The number of nitrogens with two attached hydrogens (primary N) is 1. The van der Waals surface area contributed by atoms with Gasteiger partial charge in [-0.05, 0) is 18.2 Å². The topological polar surface area (TPSA) is 124 Å². The van der Waals surface area contributed by atoms with Gasteiger partial charge < -0.3 is 10.5 Å². The molecule has 4 rings (SSSR count). The molecular weight excluding hydrogens is 334 g/mol. The van der Waals surface area contributed by atoms with Gasteiger partial charge in [0, 0.05) is 10.8 Å². The number of carbonyl (C=O) groups excluding carboxylic acids is 1. The van der Waals surface area contributed by atoms with E-state index in [4.69, 9.17) is 10.5 Å². The highest BCUT2D eigenvalue weighted by Gasteiger charge is 2.16. The number of rotatable bonds is 3. The fourth-order valence-electron chi connectivity index (χ4n) is 2.68. The van der Waals surface area contributed by atoms with Gasteiger partial charge in [0.05, 0.1) is 10.9 Å². The monoisotopic (exact) mass is 347 g/mol. The van der Waals surface area contributed by atoms with Crippen LogP contribution in [-0.2, 0) is 11.3 Å². The molecule has 0 atom stereocenters. The lowest BCUT2D eigenvalue weighted by Gasteiger charge is -2.07. The Labute approximate surface area is 146 Å². The summed E-state index contributed by atoms with van der Waals surface area (Å²) in [6.45, 7) is -0.164. The summed E-state index contributed by atoms with van der Waals surface area (Å²) in [5, 5.41) is 7.62. The number of esters is 1. The van der Waals surface area contributed by atoms with Gasteiger partial charge in [-0.1, -0.05) is 30.3 Å². The van der Waals surface area contributed by atoms with E-state index in [1.165, 1.54) is 0 Å². The van der Waals surface area contributed by atoms with Gasteiger partial charge >= 0.3 is 5.97 Å². The maximum Gasteiger partial charge on any atom is 0.359 e. The number of H-pyrrole nitrogens is 1. The second-order valence-electron chi connectivity index (χ2n) is 5.57. The number of fused-ring (bicyclic) bond motifs is 2. The van der Waals surface area contributed by atoms with E-state index in [9.17, 15) is 9.59 Å². The number of hydrogen-bond donors (Lipinski definition) is 2. The molecule has 128 valence electrons. The molecule has 26 heavy (non-hydrogen) atoms. The summed E-state index contributed by atoms with van der Waals surface area (Å²) < 4.78 is 5.26. The standard InChI is InChI=1S/C18H13N5O3/c19-16-12-7-3-4-8-13(12)20-14(21-16)9-26-18(25)15-10-5-1-2-6-11(10)17(24)23-22-15/h1-8H,9H2,(H,23,24)(H2,19,20,21). The number of hydrogen-bond acceptors (Lipinski definition) is 7. The average Bonchev–Trinajstić information content (AvgIpc) is 2.67. The van der Waals surface area contributed by atoms with Gasteiger partial charge in [0.25, 0.3) is 5.56 Å². The quantitative estimate of drug-likeness (QED) is 0.542. The fraction of sp³-hybridized carbons (Fsp3) is 0.0556. The van der Waals surface area contributed by atoms with Gasteiger partial charge in [-0.15, -0.1) is 0 Å². The Balaban J connectivity index is 1.62. The molecule has 0 saturated heterocycles. The van der Waals surface area contributed by atoms with Gasteiger partial charge in [-0.3, -0.25) is 4.79 Å². The molecule has 8 nitrogen and oxygen atoms in total. The molecule has 0 spiro atoms. The molecule has 0 aliphatic carbocycles. The van der Waals surface area contributed by atoms with Crippen LogP contribution in [0.15, 0.2) is 53.3 Å². The molecule has 2 heterocycles. The number of nitrogens with zero attached hydrogens (tertiary/aromatic N) is 3. The Morgan fingerprint density at radius 3 is 2.50 bits per heavy atom. The highest BCUT2D eigenvalue weighted by molar-refractivity contribution is 6.02. The van der Waals surface area contributed by atoms with E-state index < -0.39 is 5.97 Å². The van der Waals surface area contributed by atoms with Gasteiger partial charge in [0.2, 0.25) is 0 Å². The lowest BCUT2D eigenvalue weighted by Crippen LogP contribution is -2.16. The third kappa shape index (κ3) is 2.73. The summed E-state index contributed by atoms with van der Waals surface area (Å²) in [6.07, 6.45) is 0. The molecule has 0 aliphatic rings. The number of benzene rings is 2. The Morgan fingerprint density at radius 1 is 1.00 bits per heavy atom. The van der Waals surface area contributed by atoms with Crippen molar-refractivity contribution in [2.24, 2.45) is 0 Å². The summed E-state index contributed by atoms with van der Waals surface area (Å²) in [5.41, 5.74) is 6.24. The van der Waals surface area contributed by atoms with Gasteiger partial charge in [-0.2, -0.15) is 5.10 Å². The van der Waals surface area contributed by atoms with Crippen LogP contribution in [0, 0.1) is 0 Å². The number of carbonyl (C=O) groups is 1. The number of para-hydroxylation sites is 1. The van der Waals surface area contributed by atoms with Gasteiger partial charge in [0.1, 0.15) is 5.82 Å². The Kier molecular flexibility index (Phi) is 3.77. The van der Waals surface area contributed by atoms with Crippen molar-refractivity contribution in [1.82, 2.24) is 20.2 Å². The Hall–Kier alpha value is -3.81. The van der Waals surface area contributed by atoms with E-state index in [-0.39, 0.29) is 23.7 Å². The lowest BCUT2D eigenvalue weighted by atomic mass is 10.1. The van der Waals surface area contributed by atoms with E-state index in [0.717, 1.165) is 5.39 Å². The number of aromatic amines is 1. The third-order valence-corrected chi connectivity index (χ3v) is 3.90. The van der Waals surface area contributed by atoms with Crippen LogP contribution in [-0.4, -0.2) is 26.1 Å². The maximum absolute atomic E-state index is 12.4. The van der Waals surface area contributed by atoms with Crippen LogP contribution in [0.1, 0.15) is 16.3 Å². The summed E-state index contributed by atoms with van der Waals surface area (Å²) in [5.74, 6) is -0.0923. The maximum atomic E-state index is 12.4. The molecule has 2 aromatic heterocycles. The van der Waals surface area contributed by atoms with Crippen molar-refractivity contribution in [3.05, 3.63) is 70.4 Å². The van der Waals surface area contributed by atoms with Crippen LogP contribution in [0.2, 0.25) is 0 Å². The first kappa shape index (κ1) is 15.7. The smallest absolute Gasteiger partial charge is 0.359 e. The van der Waals surface area contributed by atoms with Crippen LogP contribution >= 0.6 is 0 Å². The van der Waals surface area contributed by atoms with Crippen molar-refractivity contribution >= 4 is 33.5 Å². The molecule has 3 N–H and O–H groups in total. The van der Waals surface area contributed by atoms with Gasteiger partial charge in [0.15, 0.2) is 18.1 Å². The van der Waals surface area contributed by atoms with E-state index in [0.29, 0.717) is 22.1 Å². The van der Waals surface area contributed by atoms with E-state index >= 15 is 0 Å². The predicted molar refractivity (Wildman–Crippen MR) is 95.4 cm³/mol. The van der Waals surface area contributed by atoms with Crippen LogP contribution in [0.3, 0.4) is 0 Å². The molecule has 2 aromatic carbocycles. The van der Waals surface area contributed by atoms with Crippen molar-refractivity contribution < 1.29 is 9.53 Å². The number of nitrogens with one attached hydrogen (secondary N) is 1. The first-order chi connectivity index (χ1) is 12.6. The summed E-state index contributed by atoms with van der Waals surface area (Å²) in [4.78, 5) is 32.7. The van der Waals surface area contributed by atoms with Crippen LogP contribution in [0.25, 0.3) is 21.7 Å². The molecule has 0 unspecified atom stereocenters. The van der Waals surface area contributed by atoms with Crippen molar-refractivity contribution in [2.45, 2.75) is 6.61 Å². The highest BCUT2D eigenvalue weighted by Crippen LogP contribution is 2.18. The van der Waals surface area contributed by atoms with Crippen molar-refractivity contribution in [2.75, 3.05) is 5.73 Å². The zero-order chi connectivity index (χ0) is 18.1. The first-order valence-electron chi connectivity index (χ1n) is 7.79. The van der Waals surface area contributed by atoms with E-state index in [1.807, 2.05) is 18.2 Å². The molecule has 0 bridgehead atoms. The Bertz CT molecular complexity index is 1200. The minimum absolute atomic E-state index is 0.0222. The first-order valence-corrected chi connectivity index (χ1v) is 7.79. The van der Waals surface area contributed by atoms with E-state index in [2.05, 4.69) is 20.2 Å². The minimum Gasteiger partial charge on any atom is -0.453 e. The predicted octanol–water partition coefficient (Wildman–Crippen LogP) is 1.81. The number of anilines is 1. The molecule has 8 heteroatoms. The van der Waals surface area contributed by atoms with Crippen molar-refractivity contribution in [1.29, 1.82) is 0 Å². The molecule has 0 radical (unpaired) electrons. The normalized spacial score (nSPS) is 10.9. The van der Waals surface area contributed by atoms with Crippen LogP contribution in [0.4, 0.5) is 5.82 Å². The second-order valence-corrected chi connectivity index (χ2v) is 5.57. The summed E-state index contributed by atoms with van der Waals surface area (Å²) in [6, 6.07) is 14.0. The molecule has 0 amide bonds. The molecule has 4 aromatic rings. The number of ether oxygens (including phenoxy) is 1. The SMILES string of the molecule is Nc1nc(COC(=O)c2n[nH]c(=O)c3ccccc23)nc2ccccc12. The zero-order valence-corrected chi connectivity index (χ0v) is 13.5. The highest BCUT2D eigenvalue weighted by atomic mass is 16.5. The molecule has 0 aliphatic heterocycles. The van der Waals surface area contributed by atoms with Crippen molar-refractivity contribution in [3.8, 4) is 0 Å².